The number of alkyl halides is 3. The van der Waals surface area contributed by atoms with Crippen LogP contribution in [0.1, 0.15) is 39.7 Å². The lowest BCUT2D eigenvalue weighted by Gasteiger charge is -2.41. The van der Waals surface area contributed by atoms with Crippen molar-refractivity contribution in [1.82, 2.24) is 0 Å². The summed E-state index contributed by atoms with van der Waals surface area (Å²) in [6, 6.07) is 6.51. The highest BCUT2D eigenvalue weighted by Crippen LogP contribution is 2.46. The lowest BCUT2D eigenvalue weighted by Crippen LogP contribution is -2.54. The zero-order valence-electron chi connectivity index (χ0n) is 18.1. The van der Waals surface area contributed by atoms with Crippen molar-refractivity contribution in [2.45, 2.75) is 58.1 Å². The van der Waals surface area contributed by atoms with Crippen LogP contribution in [0.2, 0.25) is 0 Å². The summed E-state index contributed by atoms with van der Waals surface area (Å²) in [6.45, 7) is 6.58. The number of esters is 1. The van der Waals surface area contributed by atoms with E-state index in [4.69, 9.17) is 9.47 Å². The summed E-state index contributed by atoms with van der Waals surface area (Å²) in [5.74, 6) is -1.83. The van der Waals surface area contributed by atoms with Crippen LogP contribution < -0.4 is 0 Å². The van der Waals surface area contributed by atoms with E-state index in [0.29, 0.717) is 11.1 Å². The fourth-order valence-electron chi connectivity index (χ4n) is 3.97. The Morgan fingerprint density at radius 3 is 2.26 bits per heavy atom. The van der Waals surface area contributed by atoms with Gasteiger partial charge in [-0.2, -0.15) is 13.2 Å². The van der Waals surface area contributed by atoms with Gasteiger partial charge in [-0.3, -0.25) is 4.79 Å². The second-order valence-electron chi connectivity index (χ2n) is 8.27. The Morgan fingerprint density at radius 1 is 1.19 bits per heavy atom. The number of aliphatic hydroxyl groups is 1. The predicted molar refractivity (Wildman–Crippen MR) is 108 cm³/mol. The molecule has 1 aromatic rings. The van der Waals surface area contributed by atoms with Gasteiger partial charge in [-0.15, -0.1) is 0 Å². The number of rotatable bonds is 6. The second kappa shape index (κ2) is 8.96. The molecule has 1 N–H and O–H groups in total. The normalized spacial score (nSPS) is 23.5. The van der Waals surface area contributed by atoms with Crippen LogP contribution in [-0.2, 0) is 24.7 Å². The SMILES string of the molecule is CO[C@@](C(=O)O[C@H]1CC(C)(C)C(/C=C/C(C)=O)=C(C)[C@H]1O)(c1ccccc1)C(F)(F)F. The van der Waals surface area contributed by atoms with Crippen LogP contribution in [0.3, 0.4) is 0 Å². The maximum absolute atomic E-state index is 14.1. The van der Waals surface area contributed by atoms with E-state index in [0.717, 1.165) is 19.2 Å². The Balaban J connectivity index is 2.45. The van der Waals surface area contributed by atoms with Crippen LogP contribution in [0.4, 0.5) is 13.2 Å². The molecule has 0 spiro atoms. The van der Waals surface area contributed by atoms with Gasteiger partial charge in [0, 0.05) is 12.7 Å². The minimum absolute atomic E-state index is 0.0568. The molecular formula is C23H27F3O5. The number of methoxy groups -OCH3 is 1. The summed E-state index contributed by atoms with van der Waals surface area (Å²) in [6.07, 6.45) is -4.66. The highest BCUT2D eigenvalue weighted by atomic mass is 19.4. The fourth-order valence-corrected chi connectivity index (χ4v) is 3.97. The molecule has 0 fully saturated rings. The van der Waals surface area contributed by atoms with Gasteiger partial charge >= 0.3 is 12.1 Å². The quantitative estimate of drug-likeness (QED) is 0.529. The lowest BCUT2D eigenvalue weighted by molar-refractivity contribution is -0.279. The third-order valence-electron chi connectivity index (χ3n) is 5.58. The number of carbonyl (C=O) groups excluding carboxylic acids is 2. The van der Waals surface area contributed by atoms with E-state index in [2.05, 4.69) is 0 Å². The van der Waals surface area contributed by atoms with Crippen molar-refractivity contribution in [1.29, 1.82) is 0 Å². The first-order valence-corrected chi connectivity index (χ1v) is 9.74. The number of halogens is 3. The smallest absolute Gasteiger partial charge is 0.432 e. The number of allylic oxidation sites excluding steroid dienone is 3. The molecule has 0 heterocycles. The molecule has 0 saturated heterocycles. The van der Waals surface area contributed by atoms with Crippen molar-refractivity contribution < 1.29 is 37.3 Å². The Hall–Kier alpha value is -2.45. The molecule has 0 unspecified atom stereocenters. The van der Waals surface area contributed by atoms with Crippen LogP contribution in [-0.4, -0.2) is 42.4 Å². The van der Waals surface area contributed by atoms with Gasteiger partial charge in [0.15, 0.2) is 5.78 Å². The first kappa shape index (κ1) is 24.8. The molecule has 1 aromatic carbocycles. The average Bonchev–Trinajstić information content (AvgIpc) is 2.66. The van der Waals surface area contributed by atoms with E-state index in [1.807, 2.05) is 0 Å². The predicted octanol–water partition coefficient (Wildman–Crippen LogP) is 4.25. The molecule has 0 aliphatic heterocycles. The van der Waals surface area contributed by atoms with Crippen molar-refractivity contribution in [3.8, 4) is 0 Å². The number of aliphatic hydroxyl groups excluding tert-OH is 1. The molecule has 1 aliphatic rings. The Labute approximate surface area is 179 Å². The highest BCUT2D eigenvalue weighted by Gasteiger charge is 2.64. The summed E-state index contributed by atoms with van der Waals surface area (Å²) in [5.41, 5.74) is -3.33. The molecule has 3 atom stereocenters. The van der Waals surface area contributed by atoms with Crippen LogP contribution in [0.15, 0.2) is 53.6 Å². The van der Waals surface area contributed by atoms with E-state index in [-0.39, 0.29) is 12.2 Å². The number of hydrogen-bond acceptors (Lipinski definition) is 5. The van der Waals surface area contributed by atoms with Crippen LogP contribution in [0.5, 0.6) is 0 Å². The van der Waals surface area contributed by atoms with Crippen molar-refractivity contribution in [2.24, 2.45) is 5.41 Å². The van der Waals surface area contributed by atoms with E-state index >= 15 is 0 Å². The van der Waals surface area contributed by atoms with Gasteiger partial charge in [0.25, 0.3) is 5.60 Å². The summed E-state index contributed by atoms with van der Waals surface area (Å²) in [4.78, 5) is 24.2. The molecule has 0 aromatic heterocycles. The lowest BCUT2D eigenvalue weighted by atomic mass is 9.70. The largest absolute Gasteiger partial charge is 0.457 e. The van der Waals surface area contributed by atoms with Gasteiger partial charge in [0.05, 0.1) is 0 Å². The van der Waals surface area contributed by atoms with Crippen molar-refractivity contribution in [3.05, 3.63) is 59.2 Å². The molecule has 0 amide bonds. The summed E-state index contributed by atoms with van der Waals surface area (Å²) < 4.78 is 52.3. The molecule has 0 saturated carbocycles. The Bertz CT molecular complexity index is 886. The zero-order valence-corrected chi connectivity index (χ0v) is 18.1. The van der Waals surface area contributed by atoms with E-state index in [1.54, 1.807) is 26.8 Å². The van der Waals surface area contributed by atoms with Crippen molar-refractivity contribution >= 4 is 11.8 Å². The van der Waals surface area contributed by atoms with E-state index < -0.39 is 40.9 Å². The molecule has 170 valence electrons. The summed E-state index contributed by atoms with van der Waals surface area (Å²) in [7, 11) is 0.790. The number of carbonyl (C=O) groups is 2. The maximum Gasteiger partial charge on any atom is 0.432 e. The molecule has 2 rings (SSSR count). The molecule has 31 heavy (non-hydrogen) atoms. The van der Waals surface area contributed by atoms with Gasteiger partial charge < -0.3 is 14.6 Å². The second-order valence-corrected chi connectivity index (χ2v) is 8.27. The number of ether oxygens (including phenoxy) is 2. The monoisotopic (exact) mass is 440 g/mol. The fraction of sp³-hybridized carbons (Fsp3) is 0.478. The van der Waals surface area contributed by atoms with Crippen LogP contribution >= 0.6 is 0 Å². The Kier molecular flexibility index (Phi) is 7.17. The van der Waals surface area contributed by atoms with E-state index in [1.165, 1.54) is 31.2 Å². The summed E-state index contributed by atoms with van der Waals surface area (Å²) >= 11 is 0. The van der Waals surface area contributed by atoms with Gasteiger partial charge in [-0.1, -0.05) is 50.3 Å². The summed E-state index contributed by atoms with van der Waals surface area (Å²) in [5, 5.41) is 10.7. The minimum atomic E-state index is -5.10. The van der Waals surface area contributed by atoms with Gasteiger partial charge in [0.2, 0.25) is 0 Å². The van der Waals surface area contributed by atoms with Gasteiger partial charge in [-0.25, -0.2) is 4.79 Å². The first-order valence-electron chi connectivity index (χ1n) is 9.74. The molecule has 0 bridgehead atoms. The number of benzene rings is 1. The third-order valence-corrected chi connectivity index (χ3v) is 5.58. The number of hydrogen-bond donors (Lipinski definition) is 1. The van der Waals surface area contributed by atoms with Crippen LogP contribution in [0, 0.1) is 5.41 Å². The van der Waals surface area contributed by atoms with E-state index in [9.17, 15) is 27.9 Å². The molecule has 8 heteroatoms. The average molecular weight is 440 g/mol. The molecular weight excluding hydrogens is 413 g/mol. The molecule has 1 aliphatic carbocycles. The molecule has 5 nitrogen and oxygen atoms in total. The van der Waals surface area contributed by atoms with Crippen molar-refractivity contribution in [2.75, 3.05) is 7.11 Å². The minimum Gasteiger partial charge on any atom is -0.457 e. The van der Waals surface area contributed by atoms with Crippen LogP contribution in [0.25, 0.3) is 0 Å². The third kappa shape index (κ3) is 4.75. The highest BCUT2D eigenvalue weighted by molar-refractivity contribution is 5.87. The van der Waals surface area contributed by atoms with Gasteiger partial charge in [-0.05, 0) is 42.9 Å². The Morgan fingerprint density at radius 2 is 1.77 bits per heavy atom. The molecule has 0 radical (unpaired) electrons. The standard InChI is InChI=1S/C23H27F3O5/c1-14(27)11-12-17-15(2)19(28)18(13-21(17,3)4)31-20(29)22(30-5,23(24,25)26)16-9-7-6-8-10-16/h6-12,18-19,28H,13H2,1-5H3/b12-11+/t18-,19+,22+/m0/s1. The van der Waals surface area contributed by atoms with Crippen molar-refractivity contribution in [3.63, 3.8) is 0 Å². The zero-order chi connectivity index (χ0) is 23.6. The number of ketones is 1. The topological polar surface area (TPSA) is 72.8 Å². The van der Waals surface area contributed by atoms with Gasteiger partial charge in [0.1, 0.15) is 12.2 Å². The maximum atomic E-state index is 14.1. The first-order chi connectivity index (χ1) is 14.3.